The molecule has 20 heavy (non-hydrogen) atoms. The van der Waals surface area contributed by atoms with Crippen LogP contribution in [0.3, 0.4) is 0 Å². The summed E-state index contributed by atoms with van der Waals surface area (Å²) in [6, 6.07) is 5.31. The molecule has 2 aliphatic heterocycles. The fourth-order valence-corrected chi connectivity index (χ4v) is 2.75. The van der Waals surface area contributed by atoms with E-state index in [4.69, 9.17) is 5.73 Å². The van der Waals surface area contributed by atoms with Gasteiger partial charge in [-0.25, -0.2) is 0 Å². The standard InChI is InChI=1S/C14H15N3O3/c15-13(19)8-3-5-17(6-4-8)9-1-2-10-11(7-9)16-14(20)12(10)18/h1-2,7-8H,3-6H2,(H2,15,19)(H,16,18,20). The van der Waals surface area contributed by atoms with Gasteiger partial charge in [-0.05, 0) is 31.0 Å². The van der Waals surface area contributed by atoms with Crippen LogP contribution >= 0.6 is 0 Å². The zero-order chi connectivity index (χ0) is 14.3. The molecule has 0 aromatic heterocycles. The number of piperidine rings is 1. The van der Waals surface area contributed by atoms with Gasteiger partial charge in [0.15, 0.2) is 0 Å². The van der Waals surface area contributed by atoms with Crippen LogP contribution in [-0.4, -0.2) is 30.7 Å². The molecule has 1 saturated heterocycles. The monoisotopic (exact) mass is 273 g/mol. The van der Waals surface area contributed by atoms with Gasteiger partial charge in [0, 0.05) is 24.7 Å². The summed E-state index contributed by atoms with van der Waals surface area (Å²) in [7, 11) is 0. The van der Waals surface area contributed by atoms with E-state index in [0.717, 1.165) is 31.6 Å². The van der Waals surface area contributed by atoms with E-state index in [-0.39, 0.29) is 11.8 Å². The second-order valence-corrected chi connectivity index (χ2v) is 5.18. The predicted octanol–water partition coefficient (Wildman–Crippen LogP) is 0.523. The number of fused-ring (bicyclic) bond motifs is 1. The molecule has 0 radical (unpaired) electrons. The molecule has 0 bridgehead atoms. The van der Waals surface area contributed by atoms with Gasteiger partial charge in [0.05, 0.1) is 11.3 Å². The van der Waals surface area contributed by atoms with Crippen molar-refractivity contribution in [2.75, 3.05) is 23.3 Å². The number of nitrogens with one attached hydrogen (secondary N) is 1. The van der Waals surface area contributed by atoms with Crippen molar-refractivity contribution in [2.45, 2.75) is 12.8 Å². The minimum absolute atomic E-state index is 0.0537. The maximum absolute atomic E-state index is 11.5. The number of carbonyl (C=O) groups excluding carboxylic acids is 3. The molecule has 0 atom stereocenters. The summed E-state index contributed by atoms with van der Waals surface area (Å²) in [6.07, 6.45) is 1.47. The summed E-state index contributed by atoms with van der Waals surface area (Å²) in [4.78, 5) is 36.1. The fourth-order valence-electron chi connectivity index (χ4n) is 2.75. The van der Waals surface area contributed by atoms with Crippen LogP contribution in [0.2, 0.25) is 0 Å². The van der Waals surface area contributed by atoms with Gasteiger partial charge in [0.2, 0.25) is 5.91 Å². The van der Waals surface area contributed by atoms with Crippen LogP contribution in [0.5, 0.6) is 0 Å². The first-order chi connectivity index (χ1) is 9.56. The smallest absolute Gasteiger partial charge is 0.296 e. The third-order valence-electron chi connectivity index (χ3n) is 3.96. The molecule has 0 spiro atoms. The Morgan fingerprint density at radius 2 is 1.95 bits per heavy atom. The summed E-state index contributed by atoms with van der Waals surface area (Å²) in [5.41, 5.74) is 7.25. The number of amides is 2. The highest BCUT2D eigenvalue weighted by Gasteiger charge is 2.29. The Kier molecular flexibility index (Phi) is 2.93. The average Bonchev–Trinajstić information content (AvgIpc) is 2.74. The third-order valence-corrected chi connectivity index (χ3v) is 3.96. The Hall–Kier alpha value is -2.37. The summed E-state index contributed by atoms with van der Waals surface area (Å²) in [5, 5.41) is 2.56. The fraction of sp³-hybridized carbons (Fsp3) is 0.357. The molecule has 0 unspecified atom stereocenters. The Morgan fingerprint density at radius 1 is 1.25 bits per heavy atom. The van der Waals surface area contributed by atoms with E-state index in [1.165, 1.54) is 0 Å². The van der Waals surface area contributed by atoms with Gasteiger partial charge in [-0.3, -0.25) is 14.4 Å². The number of Topliss-reactive ketones (excluding diaryl/α,β-unsaturated/α-hetero) is 1. The predicted molar refractivity (Wildman–Crippen MR) is 73.5 cm³/mol. The molecule has 2 heterocycles. The van der Waals surface area contributed by atoms with Gasteiger partial charge in [-0.1, -0.05) is 0 Å². The largest absolute Gasteiger partial charge is 0.371 e. The highest BCUT2D eigenvalue weighted by molar-refractivity contribution is 6.51. The van der Waals surface area contributed by atoms with Crippen LogP contribution in [0.25, 0.3) is 0 Å². The SMILES string of the molecule is NC(=O)C1CCN(c2ccc3c(c2)NC(=O)C3=O)CC1. The summed E-state index contributed by atoms with van der Waals surface area (Å²) in [6.45, 7) is 1.49. The van der Waals surface area contributed by atoms with Crippen molar-refractivity contribution < 1.29 is 14.4 Å². The van der Waals surface area contributed by atoms with E-state index < -0.39 is 11.7 Å². The maximum Gasteiger partial charge on any atom is 0.296 e. The van der Waals surface area contributed by atoms with Crippen LogP contribution in [-0.2, 0) is 9.59 Å². The molecule has 2 aliphatic rings. The number of anilines is 2. The molecule has 3 rings (SSSR count). The van der Waals surface area contributed by atoms with Crippen molar-refractivity contribution in [1.82, 2.24) is 0 Å². The van der Waals surface area contributed by atoms with E-state index in [9.17, 15) is 14.4 Å². The maximum atomic E-state index is 11.5. The van der Waals surface area contributed by atoms with E-state index in [1.54, 1.807) is 6.07 Å². The van der Waals surface area contributed by atoms with Crippen molar-refractivity contribution in [2.24, 2.45) is 11.7 Å². The van der Waals surface area contributed by atoms with Crippen molar-refractivity contribution in [3.05, 3.63) is 23.8 Å². The van der Waals surface area contributed by atoms with E-state index in [2.05, 4.69) is 10.2 Å². The molecule has 2 amide bonds. The molecule has 1 aromatic carbocycles. The first kappa shape index (κ1) is 12.7. The summed E-state index contributed by atoms with van der Waals surface area (Å²) >= 11 is 0. The van der Waals surface area contributed by atoms with Crippen LogP contribution < -0.4 is 16.0 Å². The molecule has 104 valence electrons. The van der Waals surface area contributed by atoms with Crippen molar-refractivity contribution in [3.63, 3.8) is 0 Å². The first-order valence-electron chi connectivity index (χ1n) is 6.60. The molecule has 3 N–H and O–H groups in total. The number of carbonyl (C=O) groups is 3. The van der Waals surface area contributed by atoms with Crippen LogP contribution in [0.15, 0.2) is 18.2 Å². The molecule has 1 fully saturated rings. The number of nitrogens with two attached hydrogens (primary N) is 1. The van der Waals surface area contributed by atoms with Gasteiger partial charge in [-0.15, -0.1) is 0 Å². The number of hydrogen-bond donors (Lipinski definition) is 2. The number of benzene rings is 1. The molecule has 0 aliphatic carbocycles. The molecule has 6 nitrogen and oxygen atoms in total. The second kappa shape index (κ2) is 4.63. The molecule has 1 aromatic rings. The quantitative estimate of drug-likeness (QED) is 0.768. The van der Waals surface area contributed by atoms with Gasteiger partial charge in [0.25, 0.3) is 11.7 Å². The van der Waals surface area contributed by atoms with Gasteiger partial charge in [-0.2, -0.15) is 0 Å². The van der Waals surface area contributed by atoms with Gasteiger partial charge < -0.3 is 16.0 Å². The summed E-state index contributed by atoms with van der Waals surface area (Å²) in [5.74, 6) is -1.36. The van der Waals surface area contributed by atoms with Crippen molar-refractivity contribution in [3.8, 4) is 0 Å². The average molecular weight is 273 g/mol. The zero-order valence-electron chi connectivity index (χ0n) is 10.9. The lowest BCUT2D eigenvalue weighted by molar-refractivity contribution is -0.122. The highest BCUT2D eigenvalue weighted by atomic mass is 16.2. The second-order valence-electron chi connectivity index (χ2n) is 5.18. The van der Waals surface area contributed by atoms with Crippen molar-refractivity contribution >= 4 is 29.0 Å². The normalized spacial score (nSPS) is 18.9. The van der Waals surface area contributed by atoms with Gasteiger partial charge in [0.1, 0.15) is 0 Å². The topological polar surface area (TPSA) is 92.5 Å². The Bertz CT molecular complexity index is 604. The Balaban J connectivity index is 1.77. The lowest BCUT2D eigenvalue weighted by Gasteiger charge is -2.32. The Labute approximate surface area is 115 Å². The zero-order valence-corrected chi connectivity index (χ0v) is 10.9. The molecule has 6 heteroatoms. The Morgan fingerprint density at radius 3 is 2.60 bits per heavy atom. The van der Waals surface area contributed by atoms with E-state index in [1.807, 2.05) is 12.1 Å². The van der Waals surface area contributed by atoms with Crippen molar-refractivity contribution in [1.29, 1.82) is 0 Å². The first-order valence-corrected chi connectivity index (χ1v) is 6.60. The minimum atomic E-state index is -0.579. The highest BCUT2D eigenvalue weighted by Crippen LogP contribution is 2.30. The van der Waals surface area contributed by atoms with E-state index >= 15 is 0 Å². The lowest BCUT2D eigenvalue weighted by atomic mass is 9.96. The molecular weight excluding hydrogens is 258 g/mol. The van der Waals surface area contributed by atoms with Crippen LogP contribution in [0.4, 0.5) is 11.4 Å². The number of ketones is 1. The number of primary amides is 1. The van der Waals surface area contributed by atoms with Gasteiger partial charge >= 0.3 is 0 Å². The number of hydrogen-bond acceptors (Lipinski definition) is 4. The third kappa shape index (κ3) is 2.03. The minimum Gasteiger partial charge on any atom is -0.371 e. The lowest BCUT2D eigenvalue weighted by Crippen LogP contribution is -2.38. The molecule has 0 saturated carbocycles. The molecular formula is C14H15N3O3. The van der Waals surface area contributed by atoms with Crippen LogP contribution in [0, 0.1) is 5.92 Å². The van der Waals surface area contributed by atoms with E-state index in [0.29, 0.717) is 11.3 Å². The van der Waals surface area contributed by atoms with Crippen LogP contribution in [0.1, 0.15) is 23.2 Å². The number of nitrogens with zero attached hydrogens (tertiary/aromatic N) is 1. The number of rotatable bonds is 2. The summed E-state index contributed by atoms with van der Waals surface area (Å²) < 4.78 is 0.